The molecule has 2 aromatic carbocycles. The van der Waals surface area contributed by atoms with Gasteiger partial charge in [-0.3, -0.25) is 4.79 Å². The van der Waals surface area contributed by atoms with Crippen LogP contribution in [0.4, 0.5) is 5.69 Å². The van der Waals surface area contributed by atoms with Crippen molar-refractivity contribution in [1.82, 2.24) is 5.32 Å². The maximum absolute atomic E-state index is 11.9. The number of ether oxygens (including phenoxy) is 1. The Morgan fingerprint density at radius 1 is 1.00 bits per heavy atom. The van der Waals surface area contributed by atoms with Gasteiger partial charge in [-0.2, -0.15) is 0 Å². The Hall–Kier alpha value is -2.17. The molecule has 0 atom stereocenters. The number of nitrogens with one attached hydrogen (secondary N) is 2. The van der Waals surface area contributed by atoms with Crippen molar-refractivity contribution in [3.63, 3.8) is 0 Å². The summed E-state index contributed by atoms with van der Waals surface area (Å²) in [4.78, 5) is 11.9. The Morgan fingerprint density at radius 3 is 2.54 bits per heavy atom. The molecule has 0 aliphatic heterocycles. The largest absolute Gasteiger partial charge is 0.383 e. The fraction of sp³-hybridized carbons (Fsp3) is 0.350. The van der Waals surface area contributed by atoms with Crippen LogP contribution in [0.25, 0.3) is 0 Å². The minimum Gasteiger partial charge on any atom is -0.383 e. The molecule has 0 aliphatic carbocycles. The van der Waals surface area contributed by atoms with Crippen molar-refractivity contribution >= 4 is 11.6 Å². The van der Waals surface area contributed by atoms with E-state index in [0.717, 1.165) is 24.9 Å². The fourth-order valence-electron chi connectivity index (χ4n) is 2.53. The lowest BCUT2D eigenvalue weighted by Crippen LogP contribution is -2.30. The second-order valence-electron chi connectivity index (χ2n) is 5.76. The first-order valence-electron chi connectivity index (χ1n) is 8.40. The molecule has 0 unspecified atom stereocenters. The Labute approximate surface area is 144 Å². The van der Waals surface area contributed by atoms with Gasteiger partial charge in [0, 0.05) is 19.3 Å². The van der Waals surface area contributed by atoms with E-state index in [0.29, 0.717) is 19.7 Å². The van der Waals surface area contributed by atoms with Gasteiger partial charge in [-0.05, 0) is 42.5 Å². The van der Waals surface area contributed by atoms with E-state index >= 15 is 0 Å². The number of anilines is 1. The molecule has 0 aliphatic rings. The smallest absolute Gasteiger partial charge is 0.238 e. The van der Waals surface area contributed by atoms with E-state index in [-0.39, 0.29) is 5.91 Å². The predicted octanol–water partition coefficient (Wildman–Crippen LogP) is 3.04. The molecule has 0 aromatic heterocycles. The summed E-state index contributed by atoms with van der Waals surface area (Å²) in [5.74, 6) is -0.0347. The number of aryl methyl sites for hydroxylation is 2. The molecule has 2 aromatic rings. The average Bonchev–Trinajstić information content (AvgIpc) is 2.60. The minimum atomic E-state index is -0.0347. The van der Waals surface area contributed by atoms with Gasteiger partial charge in [0.15, 0.2) is 0 Å². The van der Waals surface area contributed by atoms with Crippen LogP contribution in [0.15, 0.2) is 54.6 Å². The third kappa shape index (κ3) is 6.94. The molecule has 1 amide bonds. The fourth-order valence-corrected chi connectivity index (χ4v) is 2.53. The highest BCUT2D eigenvalue weighted by Crippen LogP contribution is 2.13. The highest BCUT2D eigenvalue weighted by Gasteiger charge is 2.03. The van der Waals surface area contributed by atoms with Gasteiger partial charge in [-0.1, -0.05) is 42.5 Å². The molecule has 2 N–H and O–H groups in total. The van der Waals surface area contributed by atoms with E-state index in [9.17, 15) is 4.79 Å². The lowest BCUT2D eigenvalue weighted by molar-refractivity contribution is -0.115. The van der Waals surface area contributed by atoms with E-state index in [1.807, 2.05) is 18.2 Å². The second kappa shape index (κ2) is 10.6. The van der Waals surface area contributed by atoms with Crippen LogP contribution in [-0.2, 0) is 22.4 Å². The van der Waals surface area contributed by atoms with Crippen molar-refractivity contribution in [3.05, 3.63) is 65.7 Å². The number of methoxy groups -OCH3 is 1. The molecule has 0 bridgehead atoms. The Bertz CT molecular complexity index is 614. The number of rotatable bonds is 10. The van der Waals surface area contributed by atoms with Gasteiger partial charge in [-0.15, -0.1) is 0 Å². The Kier molecular flexibility index (Phi) is 8.01. The minimum absolute atomic E-state index is 0.0347. The molecule has 0 radical (unpaired) electrons. The summed E-state index contributed by atoms with van der Waals surface area (Å²) < 4.78 is 4.93. The first kappa shape index (κ1) is 18.2. The average molecular weight is 326 g/mol. The van der Waals surface area contributed by atoms with Gasteiger partial charge in [0.2, 0.25) is 5.91 Å². The van der Waals surface area contributed by atoms with Gasteiger partial charge in [0.1, 0.15) is 0 Å². The monoisotopic (exact) mass is 326 g/mol. The molecule has 4 nitrogen and oxygen atoms in total. The third-order valence-electron chi connectivity index (χ3n) is 3.75. The molecule has 4 heteroatoms. The lowest BCUT2D eigenvalue weighted by atomic mass is 10.0. The van der Waals surface area contributed by atoms with E-state index in [1.54, 1.807) is 7.11 Å². The van der Waals surface area contributed by atoms with Crippen LogP contribution in [0.1, 0.15) is 17.5 Å². The van der Waals surface area contributed by atoms with Crippen LogP contribution in [0, 0.1) is 0 Å². The van der Waals surface area contributed by atoms with Gasteiger partial charge in [0.05, 0.1) is 13.2 Å². The van der Waals surface area contributed by atoms with Gasteiger partial charge in [0.25, 0.3) is 0 Å². The summed E-state index contributed by atoms with van der Waals surface area (Å²) in [7, 11) is 1.64. The summed E-state index contributed by atoms with van der Waals surface area (Å²) in [5, 5.41) is 5.96. The Morgan fingerprint density at radius 2 is 1.75 bits per heavy atom. The number of carbonyl (C=O) groups is 1. The van der Waals surface area contributed by atoms with Crippen molar-refractivity contribution in [2.24, 2.45) is 0 Å². The number of amides is 1. The van der Waals surface area contributed by atoms with Crippen molar-refractivity contribution in [3.8, 4) is 0 Å². The van der Waals surface area contributed by atoms with E-state index in [2.05, 4.69) is 47.0 Å². The van der Waals surface area contributed by atoms with E-state index < -0.39 is 0 Å². The molecule has 0 spiro atoms. The zero-order valence-corrected chi connectivity index (χ0v) is 14.3. The molecular weight excluding hydrogens is 300 g/mol. The normalized spacial score (nSPS) is 10.5. The molecule has 24 heavy (non-hydrogen) atoms. The topological polar surface area (TPSA) is 50.4 Å². The van der Waals surface area contributed by atoms with Crippen molar-refractivity contribution in [2.75, 3.05) is 32.1 Å². The Balaban J connectivity index is 1.75. The summed E-state index contributed by atoms with van der Waals surface area (Å²) in [6, 6.07) is 18.6. The molecule has 2 rings (SSSR count). The van der Waals surface area contributed by atoms with E-state index in [1.165, 1.54) is 11.1 Å². The van der Waals surface area contributed by atoms with Crippen LogP contribution >= 0.6 is 0 Å². The number of benzene rings is 2. The molecule has 0 saturated heterocycles. The summed E-state index contributed by atoms with van der Waals surface area (Å²) in [6.07, 6.45) is 3.17. The second-order valence-corrected chi connectivity index (χ2v) is 5.76. The first-order chi connectivity index (χ1) is 11.8. The summed E-state index contributed by atoms with van der Waals surface area (Å²) in [6.45, 7) is 1.56. The number of hydrogen-bond acceptors (Lipinski definition) is 3. The zero-order chi connectivity index (χ0) is 17.0. The van der Waals surface area contributed by atoms with Gasteiger partial charge in [-0.25, -0.2) is 0 Å². The van der Waals surface area contributed by atoms with Crippen LogP contribution in [0.2, 0.25) is 0 Å². The standard InChI is InChI=1S/C20H26N2O2/c1-24-14-13-21-16-20(23)22-19-12-6-11-18(15-19)10-5-9-17-7-3-2-4-8-17/h2-4,6-8,11-12,15,21H,5,9-10,13-14,16H2,1H3,(H,22,23). The van der Waals surface area contributed by atoms with Gasteiger partial charge >= 0.3 is 0 Å². The molecular formula is C20H26N2O2. The quantitative estimate of drug-likeness (QED) is 0.660. The predicted molar refractivity (Wildman–Crippen MR) is 98.3 cm³/mol. The van der Waals surface area contributed by atoms with Crippen LogP contribution < -0.4 is 10.6 Å². The van der Waals surface area contributed by atoms with E-state index in [4.69, 9.17) is 4.74 Å². The van der Waals surface area contributed by atoms with Crippen LogP contribution in [0.5, 0.6) is 0 Å². The summed E-state index contributed by atoms with van der Waals surface area (Å²) >= 11 is 0. The highest BCUT2D eigenvalue weighted by atomic mass is 16.5. The van der Waals surface area contributed by atoms with Crippen molar-refractivity contribution in [1.29, 1.82) is 0 Å². The highest BCUT2D eigenvalue weighted by molar-refractivity contribution is 5.92. The lowest BCUT2D eigenvalue weighted by Gasteiger charge is -2.08. The molecule has 0 saturated carbocycles. The van der Waals surface area contributed by atoms with Crippen molar-refractivity contribution < 1.29 is 9.53 Å². The third-order valence-corrected chi connectivity index (χ3v) is 3.75. The molecule has 0 fully saturated rings. The van der Waals surface area contributed by atoms with Crippen molar-refractivity contribution in [2.45, 2.75) is 19.3 Å². The van der Waals surface area contributed by atoms with Crippen LogP contribution in [-0.4, -0.2) is 32.7 Å². The maximum atomic E-state index is 11.9. The maximum Gasteiger partial charge on any atom is 0.238 e. The first-order valence-corrected chi connectivity index (χ1v) is 8.40. The molecule has 0 heterocycles. The molecule has 128 valence electrons. The SMILES string of the molecule is COCCNCC(=O)Nc1cccc(CCCc2ccccc2)c1. The van der Waals surface area contributed by atoms with Gasteiger partial charge < -0.3 is 15.4 Å². The number of carbonyl (C=O) groups excluding carboxylic acids is 1. The summed E-state index contributed by atoms with van der Waals surface area (Å²) in [5.41, 5.74) is 3.46. The number of hydrogen-bond donors (Lipinski definition) is 2. The zero-order valence-electron chi connectivity index (χ0n) is 14.3. The van der Waals surface area contributed by atoms with Crippen LogP contribution in [0.3, 0.4) is 0 Å².